The Bertz CT molecular complexity index is 315. The van der Waals surface area contributed by atoms with Crippen LogP contribution in [0.3, 0.4) is 0 Å². The molecule has 0 radical (unpaired) electrons. The second-order valence-electron chi connectivity index (χ2n) is 6.06. The molecule has 1 saturated heterocycles. The maximum Gasteiger partial charge on any atom is 0.410 e. The summed E-state index contributed by atoms with van der Waals surface area (Å²) < 4.78 is 18.9. The third kappa shape index (κ3) is 2.54. The molecule has 4 nitrogen and oxygen atoms in total. The lowest BCUT2D eigenvalue weighted by atomic mass is 10.0. The monoisotopic (exact) mass is 245 g/mol. The van der Waals surface area contributed by atoms with Gasteiger partial charge in [0.15, 0.2) is 0 Å². The van der Waals surface area contributed by atoms with Crippen molar-refractivity contribution in [3.8, 4) is 0 Å². The van der Waals surface area contributed by atoms with E-state index in [4.69, 9.17) is 4.74 Å². The van der Waals surface area contributed by atoms with E-state index in [1.54, 1.807) is 4.90 Å². The lowest BCUT2D eigenvalue weighted by molar-refractivity contribution is 0.0236. The highest BCUT2D eigenvalue weighted by molar-refractivity contribution is 5.68. The van der Waals surface area contributed by atoms with Crippen LogP contribution in [0.25, 0.3) is 0 Å². The van der Waals surface area contributed by atoms with Gasteiger partial charge < -0.3 is 14.7 Å². The maximum absolute atomic E-state index is 13.6. The Morgan fingerprint density at radius 1 is 1.41 bits per heavy atom. The van der Waals surface area contributed by atoms with Gasteiger partial charge in [-0.05, 0) is 33.1 Å². The van der Waals surface area contributed by atoms with Gasteiger partial charge in [-0.1, -0.05) is 0 Å². The minimum absolute atomic E-state index is 0.0764. The van der Waals surface area contributed by atoms with Crippen molar-refractivity contribution in [3.05, 3.63) is 0 Å². The molecule has 1 heterocycles. The van der Waals surface area contributed by atoms with Crippen molar-refractivity contribution in [1.29, 1.82) is 0 Å². The Morgan fingerprint density at radius 3 is 2.59 bits per heavy atom. The molecule has 0 spiro atoms. The Labute approximate surface area is 101 Å². The first-order valence-electron chi connectivity index (χ1n) is 6.08. The summed E-state index contributed by atoms with van der Waals surface area (Å²) in [6.45, 7) is 6.28. The summed E-state index contributed by atoms with van der Waals surface area (Å²) in [5, 5.41) is 9.41. The lowest BCUT2D eigenvalue weighted by Gasteiger charge is -2.25. The van der Waals surface area contributed by atoms with E-state index in [9.17, 15) is 14.3 Å². The van der Waals surface area contributed by atoms with E-state index in [1.807, 2.05) is 20.8 Å². The van der Waals surface area contributed by atoms with Gasteiger partial charge in [0.1, 0.15) is 11.8 Å². The summed E-state index contributed by atoms with van der Waals surface area (Å²) in [5.41, 5.74) is -0.524. The summed E-state index contributed by atoms with van der Waals surface area (Å²) in [6, 6.07) is 0. The average molecular weight is 245 g/mol. The molecular weight excluding hydrogens is 225 g/mol. The van der Waals surface area contributed by atoms with E-state index in [-0.39, 0.29) is 17.9 Å². The van der Waals surface area contributed by atoms with Crippen molar-refractivity contribution in [3.63, 3.8) is 0 Å². The minimum Gasteiger partial charge on any atom is -0.444 e. The maximum atomic E-state index is 13.6. The number of carbonyl (C=O) groups excluding carboxylic acids is 1. The quantitative estimate of drug-likeness (QED) is 0.704. The zero-order valence-electron chi connectivity index (χ0n) is 10.5. The molecule has 1 aliphatic carbocycles. The van der Waals surface area contributed by atoms with Crippen LogP contribution in [0.2, 0.25) is 0 Å². The SMILES string of the molecule is CC(C)(C)OC(=O)N1C[C@H]2C[C@@H](O)[C@@H](F)[C@H]2C1. The number of likely N-dealkylation sites (tertiary alicyclic amines) is 1. The van der Waals surface area contributed by atoms with Gasteiger partial charge in [-0.3, -0.25) is 0 Å². The predicted molar refractivity (Wildman–Crippen MR) is 60.3 cm³/mol. The largest absolute Gasteiger partial charge is 0.444 e. The number of hydrogen-bond donors (Lipinski definition) is 1. The highest BCUT2D eigenvalue weighted by Gasteiger charge is 2.49. The number of nitrogens with zero attached hydrogens (tertiary/aromatic N) is 1. The molecule has 1 aliphatic heterocycles. The van der Waals surface area contributed by atoms with Crippen LogP contribution in [0.4, 0.5) is 9.18 Å². The van der Waals surface area contributed by atoms with Crippen molar-refractivity contribution in [2.75, 3.05) is 13.1 Å². The fourth-order valence-electron chi connectivity index (χ4n) is 2.71. The third-order valence-electron chi connectivity index (χ3n) is 3.46. The number of carbonyl (C=O) groups is 1. The van der Waals surface area contributed by atoms with Gasteiger partial charge in [0.2, 0.25) is 0 Å². The number of rotatable bonds is 0. The van der Waals surface area contributed by atoms with Gasteiger partial charge in [0, 0.05) is 19.0 Å². The number of ether oxygens (including phenoxy) is 1. The van der Waals surface area contributed by atoms with E-state index in [2.05, 4.69) is 0 Å². The van der Waals surface area contributed by atoms with Gasteiger partial charge in [0.05, 0.1) is 6.10 Å². The van der Waals surface area contributed by atoms with E-state index < -0.39 is 17.9 Å². The van der Waals surface area contributed by atoms with Gasteiger partial charge in [-0.25, -0.2) is 9.18 Å². The number of alkyl halides is 1. The normalized spacial score (nSPS) is 37.1. The van der Waals surface area contributed by atoms with Crippen LogP contribution in [0.5, 0.6) is 0 Å². The number of aliphatic hydroxyl groups excluding tert-OH is 1. The Morgan fingerprint density at radius 2 is 2.06 bits per heavy atom. The number of amides is 1. The Hall–Kier alpha value is -0.840. The van der Waals surface area contributed by atoms with Crippen molar-refractivity contribution in [2.24, 2.45) is 11.8 Å². The fourth-order valence-corrected chi connectivity index (χ4v) is 2.71. The summed E-state index contributed by atoms with van der Waals surface area (Å²) in [4.78, 5) is 13.4. The van der Waals surface area contributed by atoms with Gasteiger partial charge in [0.25, 0.3) is 0 Å². The molecule has 98 valence electrons. The molecular formula is C12H20FNO3. The molecule has 0 bridgehead atoms. The summed E-state index contributed by atoms with van der Waals surface area (Å²) in [7, 11) is 0. The second-order valence-corrected chi connectivity index (χ2v) is 6.06. The zero-order chi connectivity index (χ0) is 12.8. The highest BCUT2D eigenvalue weighted by Crippen LogP contribution is 2.40. The number of aliphatic hydroxyl groups is 1. The van der Waals surface area contributed by atoms with Crippen molar-refractivity contribution in [2.45, 2.75) is 45.1 Å². The number of hydrogen-bond acceptors (Lipinski definition) is 3. The van der Waals surface area contributed by atoms with Crippen LogP contribution >= 0.6 is 0 Å². The fraction of sp³-hybridized carbons (Fsp3) is 0.917. The molecule has 2 rings (SSSR count). The molecule has 0 aromatic heterocycles. The standard InChI is InChI=1S/C12H20FNO3/c1-12(2,3)17-11(16)14-5-7-4-9(15)10(13)8(7)6-14/h7-10,15H,4-6H2,1-3H3/t7-,8+,9-,10+/m1/s1. The molecule has 0 aromatic rings. The van der Waals surface area contributed by atoms with Gasteiger partial charge in [-0.2, -0.15) is 0 Å². The first kappa shape index (κ1) is 12.6. The third-order valence-corrected chi connectivity index (χ3v) is 3.46. The second kappa shape index (κ2) is 4.12. The first-order chi connectivity index (χ1) is 7.78. The molecule has 1 N–H and O–H groups in total. The van der Waals surface area contributed by atoms with Crippen LogP contribution in [0.15, 0.2) is 0 Å². The number of fused-ring (bicyclic) bond motifs is 1. The highest BCUT2D eigenvalue weighted by atomic mass is 19.1. The van der Waals surface area contributed by atoms with Crippen LogP contribution < -0.4 is 0 Å². The molecule has 4 atom stereocenters. The van der Waals surface area contributed by atoms with Crippen LogP contribution in [0, 0.1) is 11.8 Å². The lowest BCUT2D eigenvalue weighted by Crippen LogP contribution is -2.37. The molecule has 5 heteroatoms. The van der Waals surface area contributed by atoms with Gasteiger partial charge in [-0.15, -0.1) is 0 Å². The predicted octanol–water partition coefficient (Wildman–Crippen LogP) is 1.57. The zero-order valence-corrected chi connectivity index (χ0v) is 10.5. The molecule has 0 aromatic carbocycles. The van der Waals surface area contributed by atoms with Crippen LogP contribution in [0.1, 0.15) is 27.2 Å². The summed E-state index contributed by atoms with van der Waals surface area (Å²) >= 11 is 0. The molecule has 2 fully saturated rings. The van der Waals surface area contributed by atoms with Crippen LogP contribution in [-0.4, -0.2) is 47.1 Å². The molecule has 0 unspecified atom stereocenters. The average Bonchev–Trinajstić information content (AvgIpc) is 2.66. The van der Waals surface area contributed by atoms with E-state index >= 15 is 0 Å². The summed E-state index contributed by atoms with van der Waals surface area (Å²) in [6.07, 6.45) is -1.99. The Kier molecular flexibility index (Phi) is 3.06. The molecule has 17 heavy (non-hydrogen) atoms. The first-order valence-corrected chi connectivity index (χ1v) is 6.08. The molecule has 1 amide bonds. The van der Waals surface area contributed by atoms with E-state index in [1.165, 1.54) is 0 Å². The van der Waals surface area contributed by atoms with Crippen molar-refractivity contribution < 1.29 is 19.0 Å². The van der Waals surface area contributed by atoms with E-state index in [0.29, 0.717) is 19.5 Å². The molecule has 1 saturated carbocycles. The minimum atomic E-state index is -1.20. The molecule has 2 aliphatic rings. The number of halogens is 1. The van der Waals surface area contributed by atoms with Crippen LogP contribution in [-0.2, 0) is 4.74 Å². The topological polar surface area (TPSA) is 49.8 Å². The van der Waals surface area contributed by atoms with Gasteiger partial charge >= 0.3 is 6.09 Å². The summed E-state index contributed by atoms with van der Waals surface area (Å²) in [5.74, 6) is -0.148. The van der Waals surface area contributed by atoms with Crippen molar-refractivity contribution in [1.82, 2.24) is 4.90 Å². The smallest absolute Gasteiger partial charge is 0.410 e. The Balaban J connectivity index is 1.94. The van der Waals surface area contributed by atoms with Crippen molar-refractivity contribution >= 4 is 6.09 Å². The van der Waals surface area contributed by atoms with E-state index in [0.717, 1.165) is 0 Å².